The third-order valence-electron chi connectivity index (χ3n) is 5.47. The van der Waals surface area contributed by atoms with Crippen LogP contribution in [0.15, 0.2) is 54.6 Å². The normalized spacial score (nSPS) is 16.6. The van der Waals surface area contributed by atoms with Gasteiger partial charge in [0.25, 0.3) is 0 Å². The van der Waals surface area contributed by atoms with Crippen molar-refractivity contribution in [3.63, 3.8) is 0 Å². The molecule has 0 spiro atoms. The van der Waals surface area contributed by atoms with Gasteiger partial charge in [0.15, 0.2) is 0 Å². The van der Waals surface area contributed by atoms with Crippen LogP contribution in [0.1, 0.15) is 44.7 Å². The highest BCUT2D eigenvalue weighted by molar-refractivity contribution is 6.30. The SMILES string of the molecule is CC(C)(C)OC(=O)N[C@H](Cc1ccccc1)C(=O)N1CCC[C@H]1C(=O)NCc1cccc(Cl)c1. The van der Waals surface area contributed by atoms with Crippen LogP contribution in [0.25, 0.3) is 0 Å². The minimum atomic E-state index is -0.849. The van der Waals surface area contributed by atoms with E-state index in [4.69, 9.17) is 16.3 Å². The number of nitrogens with one attached hydrogen (secondary N) is 2. The molecule has 2 aromatic carbocycles. The van der Waals surface area contributed by atoms with Crippen molar-refractivity contribution in [2.24, 2.45) is 0 Å². The fourth-order valence-corrected chi connectivity index (χ4v) is 4.17. The molecule has 1 fully saturated rings. The highest BCUT2D eigenvalue weighted by Crippen LogP contribution is 2.20. The number of nitrogens with zero attached hydrogens (tertiary/aromatic N) is 1. The summed E-state index contributed by atoms with van der Waals surface area (Å²) in [6, 6.07) is 15.3. The van der Waals surface area contributed by atoms with Crippen LogP contribution >= 0.6 is 11.6 Å². The number of hydrogen-bond donors (Lipinski definition) is 2. The molecule has 2 aromatic rings. The maximum Gasteiger partial charge on any atom is 0.408 e. The molecule has 7 nitrogen and oxygen atoms in total. The Hall–Kier alpha value is -3.06. The predicted octanol–water partition coefficient (Wildman–Crippen LogP) is 4.08. The maximum absolute atomic E-state index is 13.5. The Bertz CT molecular complexity index is 1010. The lowest BCUT2D eigenvalue weighted by molar-refractivity contribution is -0.140. The van der Waals surface area contributed by atoms with E-state index in [-0.39, 0.29) is 11.8 Å². The summed E-state index contributed by atoms with van der Waals surface area (Å²) in [5.41, 5.74) is 1.09. The van der Waals surface area contributed by atoms with E-state index in [0.717, 1.165) is 11.1 Å². The van der Waals surface area contributed by atoms with Crippen LogP contribution in [0.2, 0.25) is 5.02 Å². The molecule has 0 bridgehead atoms. The number of halogens is 1. The van der Waals surface area contributed by atoms with Gasteiger partial charge in [-0.2, -0.15) is 0 Å². The molecule has 182 valence electrons. The number of amides is 3. The fourth-order valence-electron chi connectivity index (χ4n) is 3.96. The van der Waals surface area contributed by atoms with Gasteiger partial charge in [0.2, 0.25) is 11.8 Å². The first kappa shape index (κ1) is 25.6. The van der Waals surface area contributed by atoms with E-state index >= 15 is 0 Å². The average Bonchev–Trinajstić information content (AvgIpc) is 3.26. The average molecular weight is 486 g/mol. The van der Waals surface area contributed by atoms with E-state index in [1.54, 1.807) is 37.8 Å². The number of benzene rings is 2. The van der Waals surface area contributed by atoms with E-state index in [1.165, 1.54) is 0 Å². The molecular weight excluding hydrogens is 454 g/mol. The molecule has 0 unspecified atom stereocenters. The molecule has 1 heterocycles. The molecule has 0 aliphatic carbocycles. The van der Waals surface area contributed by atoms with Gasteiger partial charge >= 0.3 is 6.09 Å². The zero-order valence-corrected chi connectivity index (χ0v) is 20.6. The van der Waals surface area contributed by atoms with Crippen LogP contribution in [-0.4, -0.2) is 47.0 Å². The van der Waals surface area contributed by atoms with E-state index < -0.39 is 23.8 Å². The minimum absolute atomic E-state index is 0.221. The van der Waals surface area contributed by atoms with Gasteiger partial charge < -0.3 is 20.3 Å². The molecular formula is C26H32ClN3O4. The van der Waals surface area contributed by atoms with Gasteiger partial charge in [0, 0.05) is 24.5 Å². The number of carbonyl (C=O) groups excluding carboxylic acids is 3. The van der Waals surface area contributed by atoms with Crippen molar-refractivity contribution in [1.82, 2.24) is 15.5 Å². The van der Waals surface area contributed by atoms with Crippen molar-refractivity contribution >= 4 is 29.5 Å². The van der Waals surface area contributed by atoms with Crippen LogP contribution in [-0.2, 0) is 27.3 Å². The third kappa shape index (κ3) is 7.48. The predicted molar refractivity (Wildman–Crippen MR) is 131 cm³/mol. The molecule has 2 atom stereocenters. The standard InChI is InChI=1S/C26H32ClN3O4/c1-26(2,3)34-25(33)29-21(16-18-9-5-4-6-10-18)24(32)30-14-8-13-22(30)23(31)28-17-19-11-7-12-20(27)15-19/h4-7,9-12,15,21-22H,8,13-14,16-17H2,1-3H3,(H,28,31)(H,29,33)/t21-,22+/m1/s1. The fraction of sp³-hybridized carbons (Fsp3) is 0.423. The van der Waals surface area contributed by atoms with Gasteiger partial charge in [0.1, 0.15) is 17.7 Å². The third-order valence-corrected chi connectivity index (χ3v) is 5.70. The highest BCUT2D eigenvalue weighted by atomic mass is 35.5. The van der Waals surface area contributed by atoms with Crippen molar-refractivity contribution in [1.29, 1.82) is 0 Å². The minimum Gasteiger partial charge on any atom is -0.444 e. The van der Waals surface area contributed by atoms with Gasteiger partial charge in [-0.05, 0) is 56.9 Å². The van der Waals surface area contributed by atoms with Crippen molar-refractivity contribution in [2.75, 3.05) is 6.54 Å². The lowest BCUT2D eigenvalue weighted by Gasteiger charge is -2.29. The second-order valence-corrected chi connectivity index (χ2v) is 9.86. The Morgan fingerprint density at radius 3 is 2.47 bits per heavy atom. The number of ether oxygens (including phenoxy) is 1. The van der Waals surface area contributed by atoms with Gasteiger partial charge in [0.05, 0.1) is 0 Å². The molecule has 0 saturated carbocycles. The van der Waals surface area contributed by atoms with Gasteiger partial charge in [-0.3, -0.25) is 9.59 Å². The number of alkyl carbamates (subject to hydrolysis) is 1. The van der Waals surface area contributed by atoms with Gasteiger partial charge in [-0.25, -0.2) is 4.79 Å². The summed E-state index contributed by atoms with van der Waals surface area (Å²) in [4.78, 5) is 40.6. The maximum atomic E-state index is 13.5. The summed E-state index contributed by atoms with van der Waals surface area (Å²) in [7, 11) is 0. The largest absolute Gasteiger partial charge is 0.444 e. The molecule has 1 saturated heterocycles. The number of carbonyl (C=O) groups is 3. The Labute approximate surface area is 205 Å². The Balaban J connectivity index is 1.71. The molecule has 34 heavy (non-hydrogen) atoms. The van der Waals surface area contributed by atoms with Crippen LogP contribution < -0.4 is 10.6 Å². The van der Waals surface area contributed by atoms with E-state index in [9.17, 15) is 14.4 Å². The first-order valence-electron chi connectivity index (χ1n) is 11.5. The first-order valence-corrected chi connectivity index (χ1v) is 11.9. The lowest BCUT2D eigenvalue weighted by Crippen LogP contribution is -2.54. The molecule has 0 aromatic heterocycles. The molecule has 1 aliphatic rings. The van der Waals surface area contributed by atoms with Gasteiger partial charge in [-0.1, -0.05) is 54.1 Å². The lowest BCUT2D eigenvalue weighted by atomic mass is 10.0. The zero-order chi connectivity index (χ0) is 24.7. The molecule has 1 aliphatic heterocycles. The Morgan fingerprint density at radius 2 is 1.79 bits per heavy atom. The smallest absolute Gasteiger partial charge is 0.408 e. The van der Waals surface area contributed by atoms with E-state index in [2.05, 4.69) is 10.6 Å². The monoisotopic (exact) mass is 485 g/mol. The van der Waals surface area contributed by atoms with E-state index in [0.29, 0.717) is 37.4 Å². The molecule has 8 heteroatoms. The Morgan fingerprint density at radius 1 is 1.09 bits per heavy atom. The topological polar surface area (TPSA) is 87.7 Å². The number of likely N-dealkylation sites (tertiary alicyclic amines) is 1. The second kappa shape index (κ2) is 11.4. The van der Waals surface area contributed by atoms with Crippen LogP contribution in [0.5, 0.6) is 0 Å². The highest BCUT2D eigenvalue weighted by Gasteiger charge is 2.38. The molecule has 3 amide bonds. The van der Waals surface area contributed by atoms with Crippen LogP contribution in [0.3, 0.4) is 0 Å². The Kier molecular flexibility index (Phi) is 8.56. The molecule has 0 radical (unpaired) electrons. The van der Waals surface area contributed by atoms with Crippen LogP contribution in [0.4, 0.5) is 4.79 Å². The summed E-state index contributed by atoms with van der Waals surface area (Å²) >= 11 is 6.02. The summed E-state index contributed by atoms with van der Waals surface area (Å²) < 4.78 is 5.38. The molecule has 3 rings (SSSR count). The van der Waals surface area contributed by atoms with Crippen molar-refractivity contribution in [3.8, 4) is 0 Å². The molecule has 2 N–H and O–H groups in total. The number of rotatable bonds is 7. The first-order chi connectivity index (χ1) is 16.1. The number of hydrogen-bond acceptors (Lipinski definition) is 4. The van der Waals surface area contributed by atoms with Crippen molar-refractivity contribution < 1.29 is 19.1 Å². The van der Waals surface area contributed by atoms with Crippen molar-refractivity contribution in [2.45, 2.75) is 64.3 Å². The van der Waals surface area contributed by atoms with E-state index in [1.807, 2.05) is 42.5 Å². The summed E-state index contributed by atoms with van der Waals surface area (Å²) in [5, 5.41) is 6.23. The second-order valence-electron chi connectivity index (χ2n) is 9.43. The van der Waals surface area contributed by atoms with Crippen LogP contribution in [0, 0.1) is 0 Å². The zero-order valence-electron chi connectivity index (χ0n) is 19.8. The summed E-state index contributed by atoms with van der Waals surface area (Å²) in [6.45, 7) is 6.07. The summed E-state index contributed by atoms with van der Waals surface area (Å²) in [5.74, 6) is -0.517. The van der Waals surface area contributed by atoms with Gasteiger partial charge in [-0.15, -0.1) is 0 Å². The summed E-state index contributed by atoms with van der Waals surface area (Å²) in [6.07, 6.45) is 0.915. The van der Waals surface area contributed by atoms with Crippen molar-refractivity contribution in [3.05, 3.63) is 70.7 Å². The quantitative estimate of drug-likeness (QED) is 0.618.